The van der Waals surface area contributed by atoms with Gasteiger partial charge in [-0.25, -0.2) is 9.36 Å². The first-order valence-electron chi connectivity index (χ1n) is 11.0. The largest absolute Gasteiger partial charge is 0.322 e. The van der Waals surface area contributed by atoms with Crippen LogP contribution in [0.4, 0.5) is 5.69 Å². The highest BCUT2D eigenvalue weighted by Gasteiger charge is 2.18. The van der Waals surface area contributed by atoms with Crippen LogP contribution in [0.1, 0.15) is 41.3 Å². The van der Waals surface area contributed by atoms with Gasteiger partial charge in [-0.1, -0.05) is 38.1 Å². The van der Waals surface area contributed by atoms with Crippen molar-refractivity contribution in [3.8, 4) is 17.4 Å². The summed E-state index contributed by atoms with van der Waals surface area (Å²) in [6.45, 7) is 3.96. The molecular weight excluding hydrogens is 424 g/mol. The number of carbonyl (C=O) groups is 1. The van der Waals surface area contributed by atoms with E-state index in [1.165, 1.54) is 0 Å². The second kappa shape index (κ2) is 8.68. The van der Waals surface area contributed by atoms with Gasteiger partial charge in [-0.05, 0) is 53.9 Å². The van der Waals surface area contributed by atoms with E-state index in [-0.39, 0.29) is 11.8 Å². The maximum absolute atomic E-state index is 13.1. The van der Waals surface area contributed by atoms with Gasteiger partial charge in [0.15, 0.2) is 0 Å². The van der Waals surface area contributed by atoms with Crippen LogP contribution < -0.4 is 5.32 Å². The van der Waals surface area contributed by atoms with Crippen LogP contribution in [-0.2, 0) is 0 Å². The number of carbonyl (C=O) groups excluding carboxylic acids is 1. The summed E-state index contributed by atoms with van der Waals surface area (Å²) < 4.78 is 3.59. The zero-order chi connectivity index (χ0) is 23.7. The Bertz CT molecular complexity index is 1540. The van der Waals surface area contributed by atoms with E-state index in [1.807, 2.05) is 68.6 Å². The second-order valence-electron chi connectivity index (χ2n) is 8.30. The Morgan fingerprint density at radius 3 is 2.56 bits per heavy atom. The maximum Gasteiger partial charge on any atom is 0.255 e. The first-order valence-corrected chi connectivity index (χ1v) is 11.0. The summed E-state index contributed by atoms with van der Waals surface area (Å²) >= 11 is 0. The zero-order valence-corrected chi connectivity index (χ0v) is 18.8. The third-order valence-corrected chi connectivity index (χ3v) is 5.71. The number of anilines is 1. The highest BCUT2D eigenvalue weighted by molar-refractivity contribution is 6.06. The topological polar surface area (TPSA) is 88.5 Å². The van der Waals surface area contributed by atoms with E-state index in [0.717, 1.165) is 27.8 Å². The number of aromatic nitrogens is 4. The number of nitrogens with one attached hydrogen (secondary N) is 1. The van der Waals surface area contributed by atoms with Crippen LogP contribution in [0.2, 0.25) is 0 Å². The molecule has 0 aliphatic rings. The lowest BCUT2D eigenvalue weighted by Gasteiger charge is -2.14. The average Bonchev–Trinajstić information content (AvgIpc) is 3.51. The Morgan fingerprint density at radius 2 is 1.79 bits per heavy atom. The van der Waals surface area contributed by atoms with E-state index in [0.29, 0.717) is 16.8 Å². The molecule has 1 N–H and O–H groups in total. The van der Waals surface area contributed by atoms with Gasteiger partial charge in [0, 0.05) is 16.6 Å². The molecule has 0 saturated carbocycles. The van der Waals surface area contributed by atoms with Crippen molar-refractivity contribution in [3.63, 3.8) is 0 Å². The molecule has 0 fully saturated rings. The minimum atomic E-state index is -0.247. The van der Waals surface area contributed by atoms with Crippen molar-refractivity contribution >= 4 is 22.5 Å². The van der Waals surface area contributed by atoms with Crippen molar-refractivity contribution in [2.24, 2.45) is 0 Å². The molecule has 2 heterocycles. The van der Waals surface area contributed by atoms with Crippen LogP contribution >= 0.6 is 0 Å². The Balaban J connectivity index is 1.48. The summed E-state index contributed by atoms with van der Waals surface area (Å²) in [5.74, 6) is -0.204. The number of para-hydroxylation sites is 1. The summed E-state index contributed by atoms with van der Waals surface area (Å²) in [6, 6.07) is 23.0. The van der Waals surface area contributed by atoms with E-state index < -0.39 is 0 Å². The van der Waals surface area contributed by atoms with Crippen LogP contribution in [0.5, 0.6) is 0 Å². The van der Waals surface area contributed by atoms with E-state index in [2.05, 4.69) is 21.6 Å². The van der Waals surface area contributed by atoms with Gasteiger partial charge in [0.25, 0.3) is 5.91 Å². The summed E-state index contributed by atoms with van der Waals surface area (Å²) in [5, 5.41) is 22.4. The quantitative estimate of drug-likeness (QED) is 0.388. The van der Waals surface area contributed by atoms with Gasteiger partial charge in [-0.3, -0.25) is 4.79 Å². The first-order chi connectivity index (χ1) is 16.5. The minimum absolute atomic E-state index is 0.0432. The molecule has 3 aromatic carbocycles. The van der Waals surface area contributed by atoms with Gasteiger partial charge in [-0.15, -0.1) is 0 Å². The molecule has 5 rings (SSSR count). The average molecular weight is 447 g/mol. The van der Waals surface area contributed by atoms with Gasteiger partial charge in [-0.2, -0.15) is 15.5 Å². The van der Waals surface area contributed by atoms with Gasteiger partial charge >= 0.3 is 0 Å². The minimum Gasteiger partial charge on any atom is -0.322 e. The van der Waals surface area contributed by atoms with Crippen LogP contribution in [0, 0.1) is 11.3 Å². The number of hydrogen-bond acceptors (Lipinski definition) is 4. The third kappa shape index (κ3) is 3.82. The molecule has 1 amide bonds. The summed E-state index contributed by atoms with van der Waals surface area (Å²) in [5.41, 5.74) is 5.04. The monoisotopic (exact) mass is 446 g/mol. The van der Waals surface area contributed by atoms with E-state index in [9.17, 15) is 10.1 Å². The fourth-order valence-electron chi connectivity index (χ4n) is 4.13. The van der Waals surface area contributed by atoms with E-state index >= 15 is 0 Å². The molecule has 34 heavy (non-hydrogen) atoms. The van der Waals surface area contributed by atoms with Gasteiger partial charge in [0.05, 0.1) is 41.4 Å². The SMILES string of the molecule is CC(C)c1c(C#N)cccc1C(=O)Nc1ccc2cnn(-c3cnn(-c4ccccc4)c3)c2c1. The van der Waals surface area contributed by atoms with Crippen molar-refractivity contribution in [2.75, 3.05) is 5.32 Å². The Morgan fingerprint density at radius 1 is 0.971 bits per heavy atom. The number of hydrogen-bond donors (Lipinski definition) is 1. The lowest BCUT2D eigenvalue weighted by atomic mass is 9.92. The molecule has 0 spiro atoms. The smallest absolute Gasteiger partial charge is 0.255 e. The van der Waals surface area contributed by atoms with E-state index in [1.54, 1.807) is 40.0 Å². The van der Waals surface area contributed by atoms with Crippen molar-refractivity contribution in [2.45, 2.75) is 19.8 Å². The lowest BCUT2D eigenvalue weighted by molar-refractivity contribution is 0.102. The Hall–Kier alpha value is -4.70. The molecule has 0 radical (unpaired) electrons. The van der Waals surface area contributed by atoms with Crippen molar-refractivity contribution in [1.29, 1.82) is 5.26 Å². The number of amides is 1. The van der Waals surface area contributed by atoms with Gasteiger partial charge in [0.2, 0.25) is 0 Å². The molecule has 0 bridgehead atoms. The van der Waals surface area contributed by atoms with Crippen LogP contribution in [0.15, 0.2) is 85.3 Å². The Kier molecular flexibility index (Phi) is 5.40. The number of nitrogens with zero attached hydrogens (tertiary/aromatic N) is 5. The molecule has 2 aromatic heterocycles. The number of benzene rings is 3. The molecule has 0 saturated heterocycles. The fourth-order valence-corrected chi connectivity index (χ4v) is 4.13. The van der Waals surface area contributed by atoms with Crippen molar-refractivity contribution in [1.82, 2.24) is 19.6 Å². The molecule has 7 heteroatoms. The maximum atomic E-state index is 13.1. The zero-order valence-electron chi connectivity index (χ0n) is 18.8. The molecular formula is C27H22N6O. The van der Waals surface area contributed by atoms with Crippen molar-refractivity contribution < 1.29 is 4.79 Å². The predicted octanol–water partition coefficient (Wildman–Crippen LogP) is 5.46. The molecule has 0 unspecified atom stereocenters. The summed E-state index contributed by atoms with van der Waals surface area (Å²) in [7, 11) is 0. The normalized spacial score (nSPS) is 11.0. The molecule has 0 atom stereocenters. The highest BCUT2D eigenvalue weighted by Crippen LogP contribution is 2.26. The molecule has 0 aliphatic heterocycles. The fraction of sp³-hybridized carbons (Fsp3) is 0.111. The van der Waals surface area contributed by atoms with E-state index in [4.69, 9.17) is 0 Å². The molecule has 0 aliphatic carbocycles. The molecule has 166 valence electrons. The summed E-state index contributed by atoms with van der Waals surface area (Å²) in [4.78, 5) is 13.1. The summed E-state index contributed by atoms with van der Waals surface area (Å²) in [6.07, 6.45) is 5.45. The standard InChI is InChI=1S/C27H22N6O/c1-18(2)26-19(14-28)7-6-10-24(26)27(34)31-21-12-11-20-15-30-33(25(20)13-21)23-16-29-32(17-23)22-8-4-3-5-9-22/h3-13,15-18H,1-2H3,(H,31,34). The number of rotatable bonds is 5. The Labute approximate surface area is 196 Å². The lowest BCUT2D eigenvalue weighted by Crippen LogP contribution is -2.16. The molecule has 7 nitrogen and oxygen atoms in total. The number of fused-ring (bicyclic) bond motifs is 1. The number of nitriles is 1. The third-order valence-electron chi connectivity index (χ3n) is 5.71. The van der Waals surface area contributed by atoms with Gasteiger partial charge < -0.3 is 5.32 Å². The van der Waals surface area contributed by atoms with Crippen LogP contribution in [0.25, 0.3) is 22.3 Å². The molecule has 5 aromatic rings. The second-order valence-corrected chi connectivity index (χ2v) is 8.30. The predicted molar refractivity (Wildman–Crippen MR) is 131 cm³/mol. The first kappa shape index (κ1) is 21.2. The highest BCUT2D eigenvalue weighted by atomic mass is 16.1. The van der Waals surface area contributed by atoms with Crippen molar-refractivity contribution in [3.05, 3.63) is 102 Å². The van der Waals surface area contributed by atoms with Gasteiger partial charge in [0.1, 0.15) is 5.69 Å². The van der Waals surface area contributed by atoms with Crippen LogP contribution in [-0.4, -0.2) is 25.5 Å². The van der Waals surface area contributed by atoms with Crippen LogP contribution in [0.3, 0.4) is 0 Å².